The standard InChI is InChI=1S/C24H24NO3.ClH/c1-27-22-9-8-20-21(24(22)28-2)15-19(23(20)26)14-17-10-12-25(13-11-17)16-18-6-4-3-5-7-18;/h3-13,19H,14-16H2,1-2H3;1H/q+1;/p-1. The smallest absolute Gasteiger partial charge is 0.173 e. The van der Waals surface area contributed by atoms with Gasteiger partial charge in [-0.05, 0) is 30.5 Å². The number of halogens is 1. The summed E-state index contributed by atoms with van der Waals surface area (Å²) in [5.41, 5.74) is 4.16. The number of pyridine rings is 1. The van der Waals surface area contributed by atoms with Crippen molar-refractivity contribution in [1.82, 2.24) is 0 Å². The number of carbonyl (C=O) groups is 1. The van der Waals surface area contributed by atoms with E-state index in [1.54, 1.807) is 14.2 Å². The molecule has 2 aromatic carbocycles. The molecule has 0 bridgehead atoms. The summed E-state index contributed by atoms with van der Waals surface area (Å²) in [6, 6.07) is 18.3. The predicted molar refractivity (Wildman–Crippen MR) is 107 cm³/mol. The Morgan fingerprint density at radius 3 is 2.31 bits per heavy atom. The average molecular weight is 410 g/mol. The molecule has 3 aromatic rings. The molecule has 1 aromatic heterocycles. The van der Waals surface area contributed by atoms with Gasteiger partial charge in [0.25, 0.3) is 0 Å². The Balaban J connectivity index is 0.00000240. The first kappa shape index (κ1) is 20.9. The van der Waals surface area contributed by atoms with E-state index >= 15 is 0 Å². The van der Waals surface area contributed by atoms with Crippen LogP contribution in [0.5, 0.6) is 11.5 Å². The number of benzene rings is 2. The van der Waals surface area contributed by atoms with Crippen molar-refractivity contribution in [1.29, 1.82) is 0 Å². The van der Waals surface area contributed by atoms with Gasteiger partial charge in [0.15, 0.2) is 36.2 Å². The first-order chi connectivity index (χ1) is 13.7. The van der Waals surface area contributed by atoms with Crippen LogP contribution in [0.3, 0.4) is 0 Å². The quantitative estimate of drug-likeness (QED) is 0.561. The van der Waals surface area contributed by atoms with Crippen molar-refractivity contribution in [2.75, 3.05) is 14.2 Å². The minimum Gasteiger partial charge on any atom is -1.00 e. The van der Waals surface area contributed by atoms with Gasteiger partial charge in [0, 0.05) is 34.7 Å². The van der Waals surface area contributed by atoms with Crippen LogP contribution in [0.25, 0.3) is 0 Å². The monoisotopic (exact) mass is 409 g/mol. The topological polar surface area (TPSA) is 39.4 Å². The molecule has 0 aliphatic heterocycles. The van der Waals surface area contributed by atoms with Gasteiger partial charge in [0.05, 0.1) is 14.2 Å². The van der Waals surface area contributed by atoms with Gasteiger partial charge in [-0.3, -0.25) is 4.79 Å². The van der Waals surface area contributed by atoms with E-state index in [0.717, 1.165) is 24.1 Å². The maximum Gasteiger partial charge on any atom is 0.173 e. The molecule has 4 nitrogen and oxygen atoms in total. The van der Waals surface area contributed by atoms with Crippen molar-refractivity contribution < 1.29 is 31.2 Å². The Hall–Kier alpha value is -2.85. The van der Waals surface area contributed by atoms with Gasteiger partial charge in [-0.2, -0.15) is 0 Å². The van der Waals surface area contributed by atoms with Crippen molar-refractivity contribution in [2.24, 2.45) is 5.92 Å². The number of aromatic nitrogens is 1. The van der Waals surface area contributed by atoms with Gasteiger partial charge >= 0.3 is 0 Å². The van der Waals surface area contributed by atoms with Crippen LogP contribution >= 0.6 is 0 Å². The van der Waals surface area contributed by atoms with Crippen molar-refractivity contribution in [2.45, 2.75) is 19.4 Å². The summed E-state index contributed by atoms with van der Waals surface area (Å²) in [6.45, 7) is 0.839. The molecule has 5 heteroatoms. The molecule has 1 heterocycles. The molecule has 0 fully saturated rings. The van der Waals surface area contributed by atoms with Crippen molar-refractivity contribution in [3.63, 3.8) is 0 Å². The van der Waals surface area contributed by atoms with Crippen molar-refractivity contribution >= 4 is 5.78 Å². The molecule has 29 heavy (non-hydrogen) atoms. The zero-order chi connectivity index (χ0) is 19.5. The second kappa shape index (κ2) is 9.10. The van der Waals surface area contributed by atoms with Gasteiger partial charge in [-0.15, -0.1) is 0 Å². The number of rotatable bonds is 6. The third-order valence-corrected chi connectivity index (χ3v) is 5.39. The molecule has 4 rings (SSSR count). The van der Waals surface area contributed by atoms with Gasteiger partial charge < -0.3 is 21.9 Å². The molecule has 1 aliphatic carbocycles. The van der Waals surface area contributed by atoms with Gasteiger partial charge in [0.1, 0.15) is 0 Å². The van der Waals surface area contributed by atoms with Crippen LogP contribution in [-0.4, -0.2) is 20.0 Å². The molecule has 1 unspecified atom stereocenters. The Morgan fingerprint density at radius 2 is 1.66 bits per heavy atom. The third-order valence-electron chi connectivity index (χ3n) is 5.39. The first-order valence-electron chi connectivity index (χ1n) is 9.49. The van der Waals surface area contributed by atoms with Crippen LogP contribution in [0.15, 0.2) is 67.0 Å². The number of methoxy groups -OCH3 is 2. The van der Waals surface area contributed by atoms with Crippen LogP contribution in [0.4, 0.5) is 0 Å². The highest BCUT2D eigenvalue weighted by atomic mass is 35.5. The highest BCUT2D eigenvalue weighted by Gasteiger charge is 2.34. The molecule has 0 saturated heterocycles. The summed E-state index contributed by atoms with van der Waals surface area (Å²) in [5.74, 6) is 1.50. The molecule has 0 amide bonds. The Kier molecular flexibility index (Phi) is 6.55. The first-order valence-corrected chi connectivity index (χ1v) is 9.49. The lowest BCUT2D eigenvalue weighted by atomic mass is 9.96. The maximum atomic E-state index is 12.9. The summed E-state index contributed by atoms with van der Waals surface area (Å²) < 4.78 is 13.0. The van der Waals surface area contributed by atoms with E-state index in [1.807, 2.05) is 18.2 Å². The van der Waals surface area contributed by atoms with Crippen LogP contribution < -0.4 is 26.4 Å². The van der Waals surface area contributed by atoms with E-state index in [0.29, 0.717) is 17.9 Å². The fourth-order valence-corrected chi connectivity index (χ4v) is 3.96. The number of nitrogens with zero attached hydrogens (tertiary/aromatic N) is 1. The second-order valence-corrected chi connectivity index (χ2v) is 7.16. The molecule has 0 saturated carbocycles. The number of hydrogen-bond donors (Lipinski definition) is 0. The molecule has 0 spiro atoms. The number of hydrogen-bond acceptors (Lipinski definition) is 3. The van der Waals surface area contributed by atoms with Crippen LogP contribution in [-0.2, 0) is 19.4 Å². The van der Waals surface area contributed by atoms with Gasteiger partial charge in [-0.25, -0.2) is 4.57 Å². The van der Waals surface area contributed by atoms with Crippen LogP contribution in [0.1, 0.15) is 27.0 Å². The van der Waals surface area contributed by atoms with E-state index < -0.39 is 0 Å². The zero-order valence-corrected chi connectivity index (χ0v) is 17.4. The summed E-state index contributed by atoms with van der Waals surface area (Å²) in [5, 5.41) is 0. The Bertz CT molecular complexity index is 987. The fraction of sp³-hybridized carbons (Fsp3) is 0.250. The summed E-state index contributed by atoms with van der Waals surface area (Å²) >= 11 is 0. The number of ketones is 1. The molecule has 150 valence electrons. The highest BCUT2D eigenvalue weighted by molar-refractivity contribution is 6.03. The minimum absolute atomic E-state index is 0. The SMILES string of the molecule is COc1ccc2c(c1OC)CC(Cc1cc[n+](Cc3ccccc3)cc1)C2=O.[Cl-]. The maximum absolute atomic E-state index is 12.9. The van der Waals surface area contributed by atoms with Gasteiger partial charge in [0.2, 0.25) is 0 Å². The van der Waals surface area contributed by atoms with E-state index in [1.165, 1.54) is 11.1 Å². The second-order valence-electron chi connectivity index (χ2n) is 7.16. The molecular weight excluding hydrogens is 386 g/mol. The lowest BCUT2D eigenvalue weighted by Gasteiger charge is -2.11. The Morgan fingerprint density at radius 1 is 0.931 bits per heavy atom. The largest absolute Gasteiger partial charge is 1.00 e. The number of carbonyl (C=O) groups excluding carboxylic acids is 1. The number of fused-ring (bicyclic) bond motifs is 1. The zero-order valence-electron chi connectivity index (χ0n) is 16.6. The highest BCUT2D eigenvalue weighted by Crippen LogP contribution is 2.40. The van der Waals surface area contributed by atoms with E-state index in [9.17, 15) is 4.79 Å². The lowest BCUT2D eigenvalue weighted by Crippen LogP contribution is -3.00. The molecule has 1 atom stereocenters. The van der Waals surface area contributed by atoms with Crippen molar-refractivity contribution in [3.8, 4) is 11.5 Å². The fourth-order valence-electron chi connectivity index (χ4n) is 3.96. The van der Waals surface area contributed by atoms with Gasteiger partial charge in [-0.1, -0.05) is 30.3 Å². The lowest BCUT2D eigenvalue weighted by molar-refractivity contribution is -0.688. The van der Waals surface area contributed by atoms with Crippen LogP contribution in [0.2, 0.25) is 0 Å². The van der Waals surface area contributed by atoms with Crippen LogP contribution in [0, 0.1) is 5.92 Å². The third kappa shape index (κ3) is 4.28. The molecule has 0 radical (unpaired) electrons. The Labute approximate surface area is 177 Å². The van der Waals surface area contributed by atoms with Crippen molar-refractivity contribution in [3.05, 3.63) is 89.2 Å². The normalized spacial score (nSPS) is 14.8. The summed E-state index contributed by atoms with van der Waals surface area (Å²) in [4.78, 5) is 12.9. The summed E-state index contributed by atoms with van der Waals surface area (Å²) in [7, 11) is 3.24. The number of ether oxygens (including phenoxy) is 2. The molecule has 0 N–H and O–H groups in total. The van der Waals surface area contributed by atoms with E-state index in [2.05, 4.69) is 53.4 Å². The predicted octanol–water partition coefficient (Wildman–Crippen LogP) is 0.641. The molecular formula is C24H24ClNO3. The summed E-state index contributed by atoms with van der Waals surface area (Å²) in [6.07, 6.45) is 5.58. The van der Waals surface area contributed by atoms with E-state index in [-0.39, 0.29) is 24.1 Å². The minimum atomic E-state index is -0.0546. The average Bonchev–Trinajstić information content (AvgIpc) is 3.05. The molecule has 1 aliphatic rings. The van der Waals surface area contributed by atoms with E-state index in [4.69, 9.17) is 9.47 Å². The number of Topliss-reactive ketones (excluding diaryl/α,β-unsaturated/α-hetero) is 1.